The maximum atomic E-state index is 14.1. The van der Waals surface area contributed by atoms with Gasteiger partial charge in [0.2, 0.25) is 11.8 Å². The number of anilines is 1. The topological polar surface area (TPSA) is 105 Å². The van der Waals surface area contributed by atoms with Gasteiger partial charge in [0.25, 0.3) is 10.0 Å². The van der Waals surface area contributed by atoms with E-state index in [1.165, 1.54) is 17.0 Å². The van der Waals surface area contributed by atoms with Crippen LogP contribution in [0.25, 0.3) is 0 Å². The molecule has 0 aliphatic rings. The third-order valence-electron chi connectivity index (χ3n) is 6.81. The second-order valence-corrected chi connectivity index (χ2v) is 11.8. The van der Waals surface area contributed by atoms with Crippen LogP contribution < -0.4 is 19.1 Å². The fraction of sp³-hybridized carbons (Fsp3) is 0.375. The van der Waals surface area contributed by atoms with Crippen LogP contribution in [0.15, 0.2) is 77.7 Å². The lowest BCUT2D eigenvalue weighted by Crippen LogP contribution is -2.51. The fourth-order valence-corrected chi connectivity index (χ4v) is 5.80. The zero-order chi connectivity index (χ0) is 30.7. The molecule has 0 aliphatic heterocycles. The van der Waals surface area contributed by atoms with Crippen LogP contribution in [0.1, 0.15) is 44.7 Å². The molecule has 0 spiro atoms. The predicted molar refractivity (Wildman–Crippen MR) is 164 cm³/mol. The van der Waals surface area contributed by atoms with Gasteiger partial charge in [-0.25, -0.2) is 8.42 Å². The number of benzene rings is 3. The highest BCUT2D eigenvalue weighted by molar-refractivity contribution is 7.92. The van der Waals surface area contributed by atoms with E-state index in [1.807, 2.05) is 19.9 Å². The van der Waals surface area contributed by atoms with Gasteiger partial charge in [0.1, 0.15) is 24.1 Å². The number of para-hydroxylation sites is 2. The number of methoxy groups -OCH3 is 1. The SMILES string of the molecule is CCCCNC(=O)[C@H](C)N(Cc1cccc(OC)c1)C(=O)CN(c1ccccc1OCC)S(=O)(=O)c1ccc(C)cc1. The number of aryl methyl sites for hydroxylation is 1. The van der Waals surface area contributed by atoms with Crippen molar-refractivity contribution < 1.29 is 27.5 Å². The summed E-state index contributed by atoms with van der Waals surface area (Å²) in [5, 5.41) is 2.89. The van der Waals surface area contributed by atoms with E-state index in [0.717, 1.165) is 28.3 Å². The molecule has 10 heteroatoms. The monoisotopic (exact) mass is 595 g/mol. The minimum Gasteiger partial charge on any atom is -0.497 e. The first kappa shape index (κ1) is 32.5. The van der Waals surface area contributed by atoms with Gasteiger partial charge in [0, 0.05) is 13.1 Å². The number of rotatable bonds is 15. The smallest absolute Gasteiger partial charge is 0.264 e. The molecule has 0 saturated carbocycles. The lowest BCUT2D eigenvalue weighted by molar-refractivity contribution is -0.139. The van der Waals surface area contributed by atoms with Gasteiger partial charge in [-0.15, -0.1) is 0 Å². The van der Waals surface area contributed by atoms with E-state index in [1.54, 1.807) is 75.6 Å². The Morgan fingerprint density at radius 3 is 2.36 bits per heavy atom. The van der Waals surface area contributed by atoms with Gasteiger partial charge in [0.15, 0.2) is 0 Å². The van der Waals surface area contributed by atoms with E-state index in [9.17, 15) is 18.0 Å². The van der Waals surface area contributed by atoms with Crippen molar-refractivity contribution in [1.29, 1.82) is 0 Å². The van der Waals surface area contributed by atoms with Gasteiger partial charge in [-0.3, -0.25) is 13.9 Å². The lowest BCUT2D eigenvalue weighted by atomic mass is 10.1. The Labute approximate surface area is 249 Å². The molecular formula is C32H41N3O6S. The van der Waals surface area contributed by atoms with Crippen LogP contribution in [-0.2, 0) is 26.2 Å². The van der Waals surface area contributed by atoms with E-state index >= 15 is 0 Å². The summed E-state index contributed by atoms with van der Waals surface area (Å²) >= 11 is 0. The van der Waals surface area contributed by atoms with Crippen LogP contribution in [0.3, 0.4) is 0 Å². The standard InChI is InChI=1S/C32H41N3O6S/c1-6-8-20-33-32(37)25(4)34(22-26-12-11-13-27(21-26)40-5)31(36)23-35(29-14-9-10-15-30(29)41-7-2)42(38,39)28-18-16-24(3)17-19-28/h9-19,21,25H,6-8,20,22-23H2,1-5H3,(H,33,37)/t25-/m0/s1. The Morgan fingerprint density at radius 1 is 0.976 bits per heavy atom. The Morgan fingerprint density at radius 2 is 1.69 bits per heavy atom. The molecule has 0 aromatic heterocycles. The second kappa shape index (κ2) is 15.3. The highest BCUT2D eigenvalue weighted by Gasteiger charge is 2.33. The molecule has 0 fully saturated rings. The van der Waals surface area contributed by atoms with Crippen LogP contribution in [-0.4, -0.2) is 58.0 Å². The molecule has 3 rings (SSSR count). The van der Waals surface area contributed by atoms with Crippen LogP contribution in [0.5, 0.6) is 11.5 Å². The lowest BCUT2D eigenvalue weighted by Gasteiger charge is -2.32. The van der Waals surface area contributed by atoms with E-state index in [0.29, 0.717) is 24.7 Å². The number of hydrogen-bond donors (Lipinski definition) is 1. The van der Waals surface area contributed by atoms with Gasteiger partial charge >= 0.3 is 0 Å². The quantitative estimate of drug-likeness (QED) is 0.250. The normalized spacial score (nSPS) is 11.8. The zero-order valence-electron chi connectivity index (χ0n) is 25.0. The maximum absolute atomic E-state index is 14.1. The van der Waals surface area contributed by atoms with Crippen molar-refractivity contribution in [3.05, 3.63) is 83.9 Å². The molecule has 3 aromatic carbocycles. The van der Waals surface area contributed by atoms with Crippen LogP contribution >= 0.6 is 0 Å². The zero-order valence-corrected chi connectivity index (χ0v) is 25.8. The maximum Gasteiger partial charge on any atom is 0.264 e. The van der Waals surface area contributed by atoms with Crippen molar-refractivity contribution in [3.8, 4) is 11.5 Å². The summed E-state index contributed by atoms with van der Waals surface area (Å²) < 4.78 is 40.3. The number of nitrogens with zero attached hydrogens (tertiary/aromatic N) is 2. The number of amides is 2. The van der Waals surface area contributed by atoms with Gasteiger partial charge in [-0.1, -0.05) is 55.3 Å². The van der Waals surface area contributed by atoms with Crippen LogP contribution in [0.4, 0.5) is 5.69 Å². The number of nitrogens with one attached hydrogen (secondary N) is 1. The molecule has 2 amide bonds. The van der Waals surface area contributed by atoms with E-state index in [-0.39, 0.29) is 23.0 Å². The van der Waals surface area contributed by atoms with Crippen molar-refractivity contribution in [3.63, 3.8) is 0 Å². The molecule has 1 N–H and O–H groups in total. The van der Waals surface area contributed by atoms with Gasteiger partial charge in [-0.05, 0) is 69.2 Å². The van der Waals surface area contributed by atoms with Crippen molar-refractivity contribution >= 4 is 27.5 Å². The summed E-state index contributed by atoms with van der Waals surface area (Å²) in [6, 6.07) is 19.5. The second-order valence-electron chi connectivity index (χ2n) is 9.92. The molecule has 0 heterocycles. The molecule has 0 aliphatic carbocycles. The Kier molecular flexibility index (Phi) is 11.8. The van der Waals surface area contributed by atoms with E-state index < -0.39 is 28.5 Å². The highest BCUT2D eigenvalue weighted by atomic mass is 32.2. The molecule has 9 nitrogen and oxygen atoms in total. The molecule has 3 aromatic rings. The number of hydrogen-bond acceptors (Lipinski definition) is 6. The average molecular weight is 596 g/mol. The largest absolute Gasteiger partial charge is 0.497 e. The van der Waals surface area contributed by atoms with Gasteiger partial charge < -0.3 is 19.7 Å². The summed E-state index contributed by atoms with van der Waals surface area (Å²) in [6.45, 7) is 7.65. The van der Waals surface area contributed by atoms with Gasteiger partial charge in [0.05, 0.1) is 24.3 Å². The van der Waals surface area contributed by atoms with Crippen molar-refractivity contribution in [2.45, 2.75) is 58.0 Å². The van der Waals surface area contributed by atoms with Crippen LogP contribution in [0.2, 0.25) is 0 Å². The summed E-state index contributed by atoms with van der Waals surface area (Å²) in [6.07, 6.45) is 1.71. The molecule has 42 heavy (non-hydrogen) atoms. The predicted octanol–water partition coefficient (Wildman–Crippen LogP) is 4.93. The summed E-state index contributed by atoms with van der Waals surface area (Å²) in [5.74, 6) is 0.0719. The first-order chi connectivity index (χ1) is 20.1. The summed E-state index contributed by atoms with van der Waals surface area (Å²) in [7, 11) is -2.65. The van der Waals surface area contributed by atoms with Crippen molar-refractivity contribution in [1.82, 2.24) is 10.2 Å². The first-order valence-electron chi connectivity index (χ1n) is 14.1. The fourth-order valence-electron chi connectivity index (χ4n) is 4.38. The minimum atomic E-state index is -4.20. The number of carbonyl (C=O) groups is 2. The average Bonchev–Trinajstić information content (AvgIpc) is 2.99. The Bertz CT molecular complexity index is 1440. The molecule has 0 radical (unpaired) electrons. The molecule has 0 bridgehead atoms. The van der Waals surface area contributed by atoms with Crippen molar-refractivity contribution in [2.24, 2.45) is 0 Å². The van der Waals surface area contributed by atoms with E-state index in [4.69, 9.17) is 9.47 Å². The number of ether oxygens (including phenoxy) is 2. The molecule has 0 saturated heterocycles. The third-order valence-corrected chi connectivity index (χ3v) is 8.58. The molecular weight excluding hydrogens is 554 g/mol. The van der Waals surface area contributed by atoms with Gasteiger partial charge in [-0.2, -0.15) is 0 Å². The number of unbranched alkanes of at least 4 members (excludes halogenated alkanes) is 1. The number of carbonyl (C=O) groups excluding carboxylic acids is 2. The number of sulfonamides is 1. The van der Waals surface area contributed by atoms with E-state index in [2.05, 4.69) is 5.32 Å². The Hall–Kier alpha value is -4.05. The highest BCUT2D eigenvalue weighted by Crippen LogP contribution is 2.33. The Balaban J connectivity index is 2.06. The molecule has 0 unspecified atom stereocenters. The minimum absolute atomic E-state index is 0.0388. The molecule has 226 valence electrons. The summed E-state index contributed by atoms with van der Waals surface area (Å²) in [4.78, 5) is 28.7. The molecule has 1 atom stereocenters. The van der Waals surface area contributed by atoms with Crippen LogP contribution in [0, 0.1) is 6.92 Å². The first-order valence-corrected chi connectivity index (χ1v) is 15.6. The third kappa shape index (κ3) is 8.25. The summed E-state index contributed by atoms with van der Waals surface area (Å²) in [5.41, 5.74) is 1.87. The van der Waals surface area contributed by atoms with Crippen molar-refractivity contribution in [2.75, 3.05) is 31.1 Å².